The zero-order chi connectivity index (χ0) is 12.3. The highest BCUT2D eigenvalue weighted by molar-refractivity contribution is 6.65. The molecule has 4 nitrogen and oxygen atoms in total. The quantitative estimate of drug-likeness (QED) is 0.680. The molecule has 1 atom stereocenters. The summed E-state index contributed by atoms with van der Waals surface area (Å²) in [4.78, 5) is 3.95. The summed E-state index contributed by atoms with van der Waals surface area (Å²) in [5.74, 6) is 1.31. The van der Waals surface area contributed by atoms with Crippen molar-refractivity contribution in [1.82, 2.24) is 5.32 Å². The molecule has 2 rings (SSSR count). The Balaban J connectivity index is 2.14. The van der Waals surface area contributed by atoms with E-state index in [1.807, 2.05) is 0 Å². The van der Waals surface area contributed by atoms with E-state index in [1.54, 1.807) is 43.7 Å². The smallest absolute Gasteiger partial charge is 0.302 e. The van der Waals surface area contributed by atoms with Gasteiger partial charge in [0.1, 0.15) is 11.5 Å². The van der Waals surface area contributed by atoms with Gasteiger partial charge in [0.2, 0.25) is 0 Å². The van der Waals surface area contributed by atoms with Crippen molar-refractivity contribution < 1.29 is 9.47 Å². The fraction of sp³-hybridized carbons (Fsp3) is 0.182. The number of nitrogens with one attached hydrogen (secondary N) is 1. The first kappa shape index (κ1) is 12.1. The van der Waals surface area contributed by atoms with Crippen LogP contribution in [-0.2, 0) is 0 Å². The fourth-order valence-electron chi connectivity index (χ4n) is 1.28. The summed E-state index contributed by atoms with van der Waals surface area (Å²) in [6.45, 7) is 0. The molecular formula is C11H10Cl2N2O2. The molecule has 0 saturated heterocycles. The van der Waals surface area contributed by atoms with Crippen LogP contribution in [0, 0.1) is 0 Å². The first-order valence-electron chi connectivity index (χ1n) is 4.83. The Hall–Kier alpha value is -1.39. The van der Waals surface area contributed by atoms with Crippen LogP contribution in [0.15, 0.2) is 41.5 Å². The van der Waals surface area contributed by atoms with Gasteiger partial charge in [-0.15, -0.1) is 0 Å². The molecule has 1 N–H and O–H groups in total. The summed E-state index contributed by atoms with van der Waals surface area (Å²) in [6.07, 6.45) is 3.14. The minimum atomic E-state index is -1.31. The second kappa shape index (κ2) is 4.85. The van der Waals surface area contributed by atoms with Crippen LogP contribution >= 0.6 is 23.2 Å². The molecule has 17 heavy (non-hydrogen) atoms. The van der Waals surface area contributed by atoms with Crippen LogP contribution in [0.5, 0.6) is 11.5 Å². The second-order valence-electron chi connectivity index (χ2n) is 3.27. The number of alkyl halides is 1. The van der Waals surface area contributed by atoms with Crippen LogP contribution in [0.3, 0.4) is 0 Å². The SMILES string of the molecule is COc1ccc(OC2(Cl)C=CNC(Cl)=N2)cc1. The monoisotopic (exact) mass is 272 g/mol. The van der Waals surface area contributed by atoms with Crippen molar-refractivity contribution in [2.24, 2.45) is 4.99 Å². The maximum atomic E-state index is 6.13. The number of aliphatic imine (C=N–C) groups is 1. The second-order valence-corrected chi connectivity index (χ2v) is 4.17. The molecule has 0 fully saturated rings. The predicted octanol–water partition coefficient (Wildman–Crippen LogP) is 2.68. The molecule has 0 saturated carbocycles. The largest absolute Gasteiger partial charge is 0.497 e. The van der Waals surface area contributed by atoms with E-state index in [1.165, 1.54) is 0 Å². The third kappa shape index (κ3) is 3.05. The molecule has 90 valence electrons. The van der Waals surface area contributed by atoms with Crippen molar-refractivity contribution >= 4 is 28.5 Å². The highest BCUT2D eigenvalue weighted by Gasteiger charge is 2.28. The first-order valence-corrected chi connectivity index (χ1v) is 5.58. The third-order valence-electron chi connectivity index (χ3n) is 2.06. The van der Waals surface area contributed by atoms with Gasteiger partial charge >= 0.3 is 5.18 Å². The van der Waals surface area contributed by atoms with Crippen molar-refractivity contribution in [1.29, 1.82) is 0 Å². The number of methoxy groups -OCH3 is 1. The normalized spacial score (nSPS) is 22.6. The number of nitrogens with zero attached hydrogens (tertiary/aromatic N) is 1. The molecule has 0 spiro atoms. The van der Waals surface area contributed by atoms with Crippen LogP contribution in [0.4, 0.5) is 0 Å². The van der Waals surface area contributed by atoms with E-state index >= 15 is 0 Å². The van der Waals surface area contributed by atoms with Crippen molar-refractivity contribution in [2.75, 3.05) is 7.11 Å². The lowest BCUT2D eigenvalue weighted by Gasteiger charge is -2.23. The lowest BCUT2D eigenvalue weighted by Crippen LogP contribution is -2.32. The molecule has 6 heteroatoms. The van der Waals surface area contributed by atoms with Gasteiger partial charge in [0, 0.05) is 12.3 Å². The summed E-state index contributed by atoms with van der Waals surface area (Å²) in [7, 11) is 1.60. The molecule has 0 aromatic heterocycles. The molecule has 1 unspecified atom stereocenters. The molecule has 1 aliphatic heterocycles. The molecule has 1 aromatic carbocycles. The highest BCUT2D eigenvalue weighted by atomic mass is 35.5. The van der Waals surface area contributed by atoms with Crippen LogP contribution < -0.4 is 14.8 Å². The molecule has 0 aliphatic carbocycles. The van der Waals surface area contributed by atoms with Crippen LogP contribution in [0.1, 0.15) is 0 Å². The van der Waals surface area contributed by atoms with E-state index in [0.717, 1.165) is 5.75 Å². The number of ether oxygens (including phenoxy) is 2. The van der Waals surface area contributed by atoms with Gasteiger partial charge in [-0.1, -0.05) is 0 Å². The summed E-state index contributed by atoms with van der Waals surface area (Å²) in [5, 5.41) is 1.56. The fourth-order valence-corrected chi connectivity index (χ4v) is 1.75. The standard InChI is InChI=1S/C11H10Cl2N2O2/c1-16-8-2-4-9(5-3-8)17-11(13)6-7-14-10(12)15-11/h2-7H,1H3,(H,14,15). The maximum absolute atomic E-state index is 6.13. The summed E-state index contributed by atoms with van der Waals surface area (Å²) >= 11 is 11.8. The topological polar surface area (TPSA) is 42.9 Å². The number of amidine groups is 1. The third-order valence-corrected chi connectivity index (χ3v) is 2.54. The summed E-state index contributed by atoms with van der Waals surface area (Å²) < 4.78 is 10.6. The van der Waals surface area contributed by atoms with Gasteiger partial charge in [0.05, 0.1) is 7.11 Å². The molecule has 0 radical (unpaired) electrons. The van der Waals surface area contributed by atoms with Gasteiger partial charge in [-0.2, -0.15) is 4.99 Å². The van der Waals surface area contributed by atoms with E-state index in [9.17, 15) is 0 Å². The minimum Gasteiger partial charge on any atom is -0.497 e. The van der Waals surface area contributed by atoms with E-state index in [-0.39, 0.29) is 5.29 Å². The van der Waals surface area contributed by atoms with Gasteiger partial charge < -0.3 is 14.8 Å². The van der Waals surface area contributed by atoms with Gasteiger partial charge in [0.15, 0.2) is 5.29 Å². The Morgan fingerprint density at radius 3 is 2.47 bits per heavy atom. The van der Waals surface area contributed by atoms with Gasteiger partial charge in [-0.3, -0.25) is 0 Å². The molecule has 0 amide bonds. The van der Waals surface area contributed by atoms with Crippen molar-refractivity contribution in [3.63, 3.8) is 0 Å². The average Bonchev–Trinajstić information content (AvgIpc) is 2.29. The molecule has 1 aliphatic rings. The lowest BCUT2D eigenvalue weighted by atomic mass is 10.3. The van der Waals surface area contributed by atoms with E-state index in [4.69, 9.17) is 32.7 Å². The van der Waals surface area contributed by atoms with Crippen LogP contribution in [0.2, 0.25) is 0 Å². The van der Waals surface area contributed by atoms with Crippen LogP contribution in [0.25, 0.3) is 0 Å². The van der Waals surface area contributed by atoms with E-state index < -0.39 is 5.18 Å². The van der Waals surface area contributed by atoms with Gasteiger partial charge in [0.25, 0.3) is 0 Å². The molecule has 1 aromatic rings. The zero-order valence-electron chi connectivity index (χ0n) is 8.98. The van der Waals surface area contributed by atoms with Gasteiger partial charge in [-0.05, 0) is 47.5 Å². The zero-order valence-corrected chi connectivity index (χ0v) is 10.5. The number of hydrogen-bond acceptors (Lipinski definition) is 4. The first-order chi connectivity index (χ1) is 8.11. The maximum Gasteiger partial charge on any atom is 0.302 e. The van der Waals surface area contributed by atoms with Crippen molar-refractivity contribution in [2.45, 2.75) is 5.18 Å². The van der Waals surface area contributed by atoms with Gasteiger partial charge in [-0.25, -0.2) is 0 Å². The lowest BCUT2D eigenvalue weighted by molar-refractivity contribution is 0.215. The van der Waals surface area contributed by atoms with Crippen molar-refractivity contribution in [3.8, 4) is 11.5 Å². The molecule has 0 bridgehead atoms. The number of benzene rings is 1. The minimum absolute atomic E-state index is 0.177. The number of hydrogen-bond donors (Lipinski definition) is 1. The number of rotatable bonds is 3. The predicted molar refractivity (Wildman–Crippen MR) is 67.8 cm³/mol. The summed E-state index contributed by atoms with van der Waals surface area (Å²) in [6, 6.07) is 7.02. The average molecular weight is 273 g/mol. The van der Waals surface area contributed by atoms with E-state index in [2.05, 4.69) is 10.3 Å². The van der Waals surface area contributed by atoms with Crippen molar-refractivity contribution in [3.05, 3.63) is 36.5 Å². The van der Waals surface area contributed by atoms with E-state index in [0.29, 0.717) is 5.75 Å². The Kier molecular flexibility index (Phi) is 3.45. The Bertz CT molecular complexity index is 459. The molecular weight excluding hydrogens is 263 g/mol. The Morgan fingerprint density at radius 2 is 1.88 bits per heavy atom. The Morgan fingerprint density at radius 1 is 1.24 bits per heavy atom. The van der Waals surface area contributed by atoms with Crippen LogP contribution in [-0.4, -0.2) is 17.6 Å². The number of halogens is 2. The summed E-state index contributed by atoms with van der Waals surface area (Å²) in [5.41, 5.74) is 0. The Labute approximate surface area is 109 Å². The molecule has 1 heterocycles. The highest BCUT2D eigenvalue weighted by Crippen LogP contribution is 2.28.